The lowest BCUT2D eigenvalue weighted by Gasteiger charge is -2.48. The summed E-state index contributed by atoms with van der Waals surface area (Å²) in [5.74, 6) is -0.555. The van der Waals surface area contributed by atoms with Gasteiger partial charge in [-0.1, -0.05) is 23.2 Å². The maximum absolute atomic E-state index is 13.1. The van der Waals surface area contributed by atoms with Crippen molar-refractivity contribution >= 4 is 46.6 Å². The molecule has 2 aliphatic heterocycles. The molecule has 37 heavy (non-hydrogen) atoms. The number of phenolic OH excluding ortho intramolecular Hbond substituents is 1. The van der Waals surface area contributed by atoms with Crippen molar-refractivity contribution in [2.24, 2.45) is 5.92 Å². The standard InChI is InChI=1S/C25H37Cl2N3O6S/c1-23(2,3)36-22(33)30-13-25(34,14-30)21(32)29-9-7-15(8-10-29)20(28-37(35)24(4,5)6)16-11-17(26)18(27)12-19(16)31/h11-12,15,20,28,31,34H,7-10,13-14H2,1-6H3/t20-,37?/m1/s1. The summed E-state index contributed by atoms with van der Waals surface area (Å²) in [6, 6.07) is 2.45. The summed E-state index contributed by atoms with van der Waals surface area (Å²) in [6.45, 7) is 11.3. The summed E-state index contributed by atoms with van der Waals surface area (Å²) in [7, 11) is 0. The van der Waals surface area contributed by atoms with E-state index in [1.807, 2.05) is 20.8 Å². The number of phenols is 1. The third-order valence-electron chi connectivity index (χ3n) is 6.45. The molecule has 3 rings (SSSR count). The summed E-state index contributed by atoms with van der Waals surface area (Å²) in [5, 5.41) is 22.0. The van der Waals surface area contributed by atoms with Crippen molar-refractivity contribution in [1.82, 2.24) is 14.5 Å². The van der Waals surface area contributed by atoms with E-state index in [-0.39, 0.29) is 34.8 Å². The fraction of sp³-hybridized carbons (Fsp3) is 0.680. The highest BCUT2D eigenvalue weighted by atomic mass is 35.5. The predicted octanol–water partition coefficient (Wildman–Crippen LogP) is 4.01. The van der Waals surface area contributed by atoms with E-state index >= 15 is 0 Å². The van der Waals surface area contributed by atoms with E-state index in [0.29, 0.717) is 31.5 Å². The molecule has 1 unspecified atom stereocenters. The Morgan fingerprint density at radius 3 is 2.16 bits per heavy atom. The van der Waals surface area contributed by atoms with Gasteiger partial charge in [-0.25, -0.2) is 4.79 Å². The number of ether oxygens (including phenoxy) is 1. The number of rotatable bonds is 5. The molecule has 0 aliphatic carbocycles. The molecular formula is C25H37Cl2N3O6S. The Kier molecular flexibility index (Phi) is 8.94. The highest BCUT2D eigenvalue weighted by Gasteiger charge is 2.53. The molecule has 0 saturated carbocycles. The van der Waals surface area contributed by atoms with Crippen LogP contribution in [0.1, 0.15) is 66.0 Å². The van der Waals surface area contributed by atoms with Crippen LogP contribution in [0, 0.1) is 5.92 Å². The third kappa shape index (κ3) is 7.16. The normalized spacial score (nSPS) is 20.3. The first-order valence-corrected chi connectivity index (χ1v) is 14.2. The number of nitrogens with one attached hydrogen (secondary N) is 1. The van der Waals surface area contributed by atoms with Gasteiger partial charge in [0.15, 0.2) is 5.60 Å². The van der Waals surface area contributed by atoms with Gasteiger partial charge in [0.05, 0.1) is 29.2 Å². The molecule has 2 heterocycles. The second-order valence-corrected chi connectivity index (χ2v) is 14.6. The number of nitrogens with zero attached hydrogens (tertiary/aromatic N) is 2. The van der Waals surface area contributed by atoms with Crippen molar-refractivity contribution in [3.05, 3.63) is 27.7 Å². The van der Waals surface area contributed by atoms with Crippen LogP contribution in [-0.2, 0) is 20.9 Å². The van der Waals surface area contributed by atoms with E-state index in [4.69, 9.17) is 27.9 Å². The van der Waals surface area contributed by atoms with Crippen molar-refractivity contribution in [1.29, 1.82) is 0 Å². The van der Waals surface area contributed by atoms with Crippen LogP contribution in [0.25, 0.3) is 0 Å². The molecule has 0 spiro atoms. The Labute approximate surface area is 231 Å². The van der Waals surface area contributed by atoms with Crippen LogP contribution in [0.2, 0.25) is 10.0 Å². The molecule has 1 aromatic carbocycles. The lowest BCUT2D eigenvalue weighted by Crippen LogP contribution is -2.71. The number of piperidine rings is 1. The highest BCUT2D eigenvalue weighted by Crippen LogP contribution is 2.40. The Morgan fingerprint density at radius 2 is 1.65 bits per heavy atom. The molecule has 208 valence electrons. The number of halogens is 2. The number of benzene rings is 1. The first-order chi connectivity index (χ1) is 16.9. The minimum absolute atomic E-state index is 0.0534. The Morgan fingerprint density at radius 1 is 1.11 bits per heavy atom. The number of hydrogen-bond donors (Lipinski definition) is 3. The van der Waals surface area contributed by atoms with Crippen molar-refractivity contribution < 1.29 is 29.1 Å². The molecule has 9 nitrogen and oxygen atoms in total. The SMILES string of the molecule is CC(C)(C)OC(=O)N1CC(O)(C(=O)N2CCC([C@@H](N[S+]([O-])C(C)(C)C)c3cc(Cl)c(Cl)cc3O)CC2)C1. The molecule has 2 aliphatic rings. The van der Waals surface area contributed by atoms with E-state index in [0.717, 1.165) is 0 Å². The molecule has 2 saturated heterocycles. The maximum atomic E-state index is 13.1. The number of carbonyl (C=O) groups excluding carboxylic acids is 2. The maximum Gasteiger partial charge on any atom is 0.410 e. The van der Waals surface area contributed by atoms with Crippen LogP contribution in [0.5, 0.6) is 5.75 Å². The van der Waals surface area contributed by atoms with Gasteiger partial charge in [-0.05, 0) is 66.4 Å². The Balaban J connectivity index is 1.68. The van der Waals surface area contributed by atoms with Gasteiger partial charge < -0.3 is 29.3 Å². The van der Waals surface area contributed by atoms with Gasteiger partial charge in [0.25, 0.3) is 5.91 Å². The van der Waals surface area contributed by atoms with Crippen LogP contribution >= 0.6 is 23.2 Å². The summed E-state index contributed by atoms with van der Waals surface area (Å²) in [6.07, 6.45) is 0.512. The topological polar surface area (TPSA) is 125 Å². The van der Waals surface area contributed by atoms with Gasteiger partial charge >= 0.3 is 6.09 Å². The van der Waals surface area contributed by atoms with Crippen LogP contribution in [-0.4, -0.2) is 78.7 Å². The smallest absolute Gasteiger partial charge is 0.410 e. The second-order valence-electron chi connectivity index (χ2n) is 11.8. The quantitative estimate of drug-likeness (QED) is 0.451. The molecule has 3 N–H and O–H groups in total. The zero-order valence-corrected chi connectivity index (χ0v) is 24.5. The molecular weight excluding hydrogens is 541 g/mol. The molecule has 0 radical (unpaired) electrons. The summed E-state index contributed by atoms with van der Waals surface area (Å²) in [4.78, 5) is 28.2. The van der Waals surface area contributed by atoms with E-state index in [9.17, 15) is 24.4 Å². The van der Waals surface area contributed by atoms with E-state index in [2.05, 4.69) is 4.72 Å². The molecule has 2 atom stereocenters. The van der Waals surface area contributed by atoms with Crippen LogP contribution < -0.4 is 4.72 Å². The zero-order valence-electron chi connectivity index (χ0n) is 22.1. The van der Waals surface area contributed by atoms with Gasteiger partial charge in [-0.15, -0.1) is 4.72 Å². The summed E-state index contributed by atoms with van der Waals surface area (Å²) in [5.41, 5.74) is -1.82. The van der Waals surface area contributed by atoms with E-state index in [1.165, 1.54) is 11.0 Å². The molecule has 2 amide bonds. The van der Waals surface area contributed by atoms with E-state index < -0.39 is 45.4 Å². The summed E-state index contributed by atoms with van der Waals surface area (Å²) < 4.78 is 20.9. The number of carbonyl (C=O) groups is 2. The van der Waals surface area contributed by atoms with E-state index in [1.54, 1.807) is 31.7 Å². The van der Waals surface area contributed by atoms with Gasteiger partial charge in [0.1, 0.15) is 16.1 Å². The minimum atomic E-state index is -1.64. The average molecular weight is 579 g/mol. The van der Waals surface area contributed by atoms with Gasteiger partial charge in [0.2, 0.25) is 0 Å². The monoisotopic (exact) mass is 577 g/mol. The number of amides is 2. The van der Waals surface area contributed by atoms with Crippen LogP contribution in [0.15, 0.2) is 12.1 Å². The number of likely N-dealkylation sites (tertiary alicyclic amines) is 2. The fourth-order valence-electron chi connectivity index (χ4n) is 4.41. The van der Waals surface area contributed by atoms with Gasteiger partial charge in [-0.3, -0.25) is 4.79 Å². The van der Waals surface area contributed by atoms with Crippen molar-refractivity contribution in [2.45, 2.75) is 76.4 Å². The zero-order chi connectivity index (χ0) is 27.9. The van der Waals surface area contributed by atoms with Crippen LogP contribution in [0.3, 0.4) is 0 Å². The van der Waals surface area contributed by atoms with Gasteiger partial charge in [-0.2, -0.15) is 0 Å². The summed E-state index contributed by atoms with van der Waals surface area (Å²) >= 11 is 10.9. The van der Waals surface area contributed by atoms with Crippen LogP contribution in [0.4, 0.5) is 4.79 Å². The predicted molar refractivity (Wildman–Crippen MR) is 144 cm³/mol. The molecule has 12 heteroatoms. The minimum Gasteiger partial charge on any atom is -0.598 e. The van der Waals surface area contributed by atoms with Crippen molar-refractivity contribution in [3.8, 4) is 5.75 Å². The fourth-order valence-corrected chi connectivity index (χ4v) is 5.65. The van der Waals surface area contributed by atoms with Crippen molar-refractivity contribution in [3.63, 3.8) is 0 Å². The average Bonchev–Trinajstić information content (AvgIpc) is 2.75. The number of β-amino-alcohol motifs (C(OH)–C–C–N with tert-alkyl or cyclic N) is 1. The molecule has 2 fully saturated rings. The van der Waals surface area contributed by atoms with Gasteiger partial charge in [0, 0.05) is 36.1 Å². The molecule has 1 aromatic rings. The lowest BCUT2D eigenvalue weighted by molar-refractivity contribution is -0.170. The largest absolute Gasteiger partial charge is 0.598 e. The first-order valence-electron chi connectivity index (χ1n) is 12.3. The second kappa shape index (κ2) is 11.0. The first kappa shape index (κ1) is 30.1. The Hall–Kier alpha value is -1.43. The number of aliphatic hydroxyl groups is 1. The molecule has 0 bridgehead atoms. The lowest BCUT2D eigenvalue weighted by atomic mass is 9.84. The number of hydrogen-bond acceptors (Lipinski definition) is 7. The third-order valence-corrected chi connectivity index (χ3v) is 8.75. The van der Waals surface area contributed by atoms with Crippen molar-refractivity contribution in [2.75, 3.05) is 26.2 Å². The highest BCUT2D eigenvalue weighted by molar-refractivity contribution is 7.90. The molecule has 0 aromatic heterocycles. The Bertz CT molecular complexity index is 1010. The number of aromatic hydroxyl groups is 1.